The largest absolute Gasteiger partial charge is 0.353 e. The van der Waals surface area contributed by atoms with Crippen LogP contribution in [0.5, 0.6) is 0 Å². The van der Waals surface area contributed by atoms with Gasteiger partial charge in [0.2, 0.25) is 0 Å². The summed E-state index contributed by atoms with van der Waals surface area (Å²) in [5.74, 6) is 2.15. The molecule has 1 aromatic heterocycles. The zero-order valence-electron chi connectivity index (χ0n) is 26.1. The second-order valence-electron chi connectivity index (χ2n) is 12.0. The predicted octanol–water partition coefficient (Wildman–Crippen LogP) is 7.16. The summed E-state index contributed by atoms with van der Waals surface area (Å²) in [6, 6.07) is 24.7. The number of nitrogens with zero attached hydrogens (tertiary/aromatic N) is 6. The number of halogens is 1. The Morgan fingerprint density at radius 1 is 0.622 bits per heavy atom. The van der Waals surface area contributed by atoms with E-state index in [2.05, 4.69) is 99.8 Å². The molecule has 10 heteroatoms. The fourth-order valence-electron chi connectivity index (χ4n) is 6.07. The van der Waals surface area contributed by atoms with Crippen molar-refractivity contribution in [2.75, 3.05) is 77.1 Å². The lowest BCUT2D eigenvalue weighted by molar-refractivity contribution is 0.216. The summed E-state index contributed by atoms with van der Waals surface area (Å²) in [5, 5.41) is 8.98. The van der Waals surface area contributed by atoms with Gasteiger partial charge in [0.15, 0.2) is 0 Å². The molecular formula is C35H39ClN8S. The second-order valence-corrected chi connectivity index (χ2v) is 13.7. The molecule has 4 aliphatic rings. The zero-order valence-corrected chi connectivity index (χ0v) is 27.6. The number of fused-ring (bicyclic) bond motifs is 4. The van der Waals surface area contributed by atoms with E-state index in [0.717, 1.165) is 98.0 Å². The molecule has 0 saturated carbocycles. The number of rotatable bonds is 0. The summed E-state index contributed by atoms with van der Waals surface area (Å²) in [6.07, 6.45) is 0. The molecule has 232 valence electrons. The number of aryl methyl sites for hydroxylation is 1. The van der Waals surface area contributed by atoms with Crippen molar-refractivity contribution in [2.45, 2.75) is 6.92 Å². The van der Waals surface area contributed by atoms with E-state index in [4.69, 9.17) is 21.6 Å². The number of anilines is 4. The third kappa shape index (κ3) is 6.44. The van der Waals surface area contributed by atoms with Crippen molar-refractivity contribution in [1.29, 1.82) is 0 Å². The van der Waals surface area contributed by atoms with Crippen LogP contribution in [0.25, 0.3) is 0 Å². The van der Waals surface area contributed by atoms with E-state index in [1.54, 1.807) is 11.3 Å². The van der Waals surface area contributed by atoms with Crippen LogP contribution in [0.2, 0.25) is 5.02 Å². The monoisotopic (exact) mass is 638 g/mol. The number of hydrogen-bond donors (Lipinski definition) is 2. The van der Waals surface area contributed by atoms with Gasteiger partial charge in [0.05, 0.1) is 28.3 Å². The zero-order chi connectivity index (χ0) is 30.9. The molecule has 0 amide bonds. The van der Waals surface area contributed by atoms with E-state index in [9.17, 15) is 0 Å². The van der Waals surface area contributed by atoms with Crippen LogP contribution in [0, 0.1) is 6.92 Å². The first-order chi connectivity index (χ1) is 21.9. The van der Waals surface area contributed by atoms with E-state index in [-0.39, 0.29) is 0 Å². The lowest BCUT2D eigenvalue weighted by Crippen LogP contribution is -2.47. The molecular weight excluding hydrogens is 600 g/mol. The van der Waals surface area contributed by atoms with Crippen LogP contribution in [0.4, 0.5) is 33.4 Å². The van der Waals surface area contributed by atoms with Crippen LogP contribution >= 0.6 is 22.9 Å². The molecule has 0 spiro atoms. The molecule has 4 aromatic rings. The van der Waals surface area contributed by atoms with Gasteiger partial charge in [0.25, 0.3) is 0 Å². The predicted molar refractivity (Wildman–Crippen MR) is 190 cm³/mol. The van der Waals surface area contributed by atoms with E-state index >= 15 is 0 Å². The Labute approximate surface area is 274 Å². The molecule has 8 rings (SSSR count). The number of piperazine rings is 2. The topological polar surface area (TPSA) is 61.7 Å². The van der Waals surface area contributed by atoms with E-state index in [1.807, 2.05) is 24.3 Å². The lowest BCUT2D eigenvalue weighted by Gasteiger charge is -2.34. The SMILES string of the molecule is CN1CCN(C2=Nc3cc(Cl)ccc3Nc3ccccc32)CC1.Cc1cc2c(s1)Nc1ccccc1N=C2N1CCN(C)CC1. The fraction of sp³-hybridized carbons (Fsp3) is 0.314. The van der Waals surface area contributed by atoms with Gasteiger partial charge in [-0.2, -0.15) is 0 Å². The van der Waals surface area contributed by atoms with Crippen molar-refractivity contribution < 1.29 is 0 Å². The number of nitrogens with one attached hydrogen (secondary N) is 2. The van der Waals surface area contributed by atoms with E-state index in [0.29, 0.717) is 5.02 Å². The molecule has 0 radical (unpaired) electrons. The molecule has 0 atom stereocenters. The Bertz CT molecular complexity index is 1750. The highest BCUT2D eigenvalue weighted by Crippen LogP contribution is 2.39. The normalized spacial score (nSPS) is 17.9. The number of amidine groups is 2. The number of likely N-dealkylation sites (N-methyl/N-ethyl adjacent to an activating group) is 2. The van der Waals surface area contributed by atoms with Crippen molar-refractivity contribution in [3.05, 3.63) is 93.8 Å². The van der Waals surface area contributed by atoms with Gasteiger partial charge in [0, 0.05) is 73.5 Å². The summed E-state index contributed by atoms with van der Waals surface area (Å²) in [4.78, 5) is 20.8. The van der Waals surface area contributed by atoms with Crippen molar-refractivity contribution in [3.8, 4) is 0 Å². The molecule has 2 saturated heterocycles. The van der Waals surface area contributed by atoms with Gasteiger partial charge < -0.3 is 30.2 Å². The minimum atomic E-state index is 0.706. The van der Waals surface area contributed by atoms with E-state index in [1.165, 1.54) is 15.4 Å². The van der Waals surface area contributed by atoms with E-state index < -0.39 is 0 Å². The third-order valence-corrected chi connectivity index (χ3v) is 9.90. The van der Waals surface area contributed by atoms with Crippen molar-refractivity contribution in [2.24, 2.45) is 9.98 Å². The number of hydrogen-bond acceptors (Lipinski definition) is 9. The van der Waals surface area contributed by atoms with Gasteiger partial charge in [0.1, 0.15) is 16.7 Å². The quantitative estimate of drug-likeness (QED) is 0.213. The number of aliphatic imine (C=N–C) groups is 2. The molecule has 0 aliphatic carbocycles. The van der Waals surface area contributed by atoms with Crippen LogP contribution in [0.1, 0.15) is 16.0 Å². The van der Waals surface area contributed by atoms with Crippen LogP contribution in [0.3, 0.4) is 0 Å². The van der Waals surface area contributed by atoms with Gasteiger partial charge in [-0.05, 0) is 69.6 Å². The van der Waals surface area contributed by atoms with Crippen molar-refractivity contribution in [3.63, 3.8) is 0 Å². The molecule has 3 aromatic carbocycles. The average molecular weight is 639 g/mol. The van der Waals surface area contributed by atoms with Gasteiger partial charge in [-0.1, -0.05) is 35.9 Å². The van der Waals surface area contributed by atoms with Crippen LogP contribution < -0.4 is 10.6 Å². The van der Waals surface area contributed by atoms with Crippen molar-refractivity contribution in [1.82, 2.24) is 19.6 Å². The van der Waals surface area contributed by atoms with Crippen LogP contribution in [0.15, 0.2) is 82.8 Å². The summed E-state index contributed by atoms with van der Waals surface area (Å²) in [6.45, 7) is 10.5. The summed E-state index contributed by atoms with van der Waals surface area (Å²) in [5.41, 5.74) is 7.47. The van der Waals surface area contributed by atoms with Crippen LogP contribution in [-0.4, -0.2) is 97.7 Å². The highest BCUT2D eigenvalue weighted by atomic mass is 35.5. The van der Waals surface area contributed by atoms with Crippen molar-refractivity contribution >= 4 is 68.0 Å². The first kappa shape index (κ1) is 29.8. The Hall–Kier alpha value is -3.89. The summed E-state index contributed by atoms with van der Waals surface area (Å²) < 4.78 is 0. The molecule has 8 nitrogen and oxygen atoms in total. The molecule has 5 heterocycles. The van der Waals surface area contributed by atoms with Gasteiger partial charge in [-0.3, -0.25) is 0 Å². The maximum Gasteiger partial charge on any atom is 0.139 e. The highest BCUT2D eigenvalue weighted by molar-refractivity contribution is 7.16. The molecule has 4 aliphatic heterocycles. The fourth-order valence-corrected chi connectivity index (χ4v) is 7.16. The molecule has 2 N–H and O–H groups in total. The first-order valence-corrected chi connectivity index (χ1v) is 16.8. The Morgan fingerprint density at radius 3 is 1.91 bits per heavy atom. The molecule has 2 fully saturated rings. The summed E-state index contributed by atoms with van der Waals surface area (Å²) in [7, 11) is 4.35. The minimum absolute atomic E-state index is 0.706. The smallest absolute Gasteiger partial charge is 0.139 e. The highest BCUT2D eigenvalue weighted by Gasteiger charge is 2.26. The maximum absolute atomic E-state index is 6.18. The Kier molecular flexibility index (Phi) is 8.51. The standard InChI is InChI=1S/C18H19ClN4.C17H20N4S/c1-22-8-10-23(11-9-22)18-14-4-2-3-5-15(14)20-16-7-6-13(19)12-17(16)21-18;1-12-11-13-16(21-9-7-20(2)8-10-21)18-14-5-3-4-6-15(14)19-17(13)22-12/h2-7,12,20H,8-11H2,1H3;3-6,11,19H,7-10H2,1-2H3. The Balaban J connectivity index is 0.000000145. The van der Waals surface area contributed by atoms with Gasteiger partial charge in [-0.25, -0.2) is 9.98 Å². The third-order valence-electron chi connectivity index (χ3n) is 8.70. The summed E-state index contributed by atoms with van der Waals surface area (Å²) >= 11 is 7.98. The van der Waals surface area contributed by atoms with Crippen LogP contribution in [-0.2, 0) is 0 Å². The van der Waals surface area contributed by atoms with Gasteiger partial charge in [-0.15, -0.1) is 11.3 Å². The van der Waals surface area contributed by atoms with Gasteiger partial charge >= 0.3 is 0 Å². The molecule has 0 bridgehead atoms. The number of para-hydroxylation sites is 3. The second kappa shape index (κ2) is 12.8. The molecule has 0 unspecified atom stereocenters. The maximum atomic E-state index is 6.18. The Morgan fingerprint density at radius 2 is 1.20 bits per heavy atom. The molecule has 45 heavy (non-hydrogen) atoms. The number of thiophene rings is 1. The number of benzene rings is 3. The minimum Gasteiger partial charge on any atom is -0.353 e. The average Bonchev–Trinajstić information content (AvgIpc) is 3.23. The lowest BCUT2D eigenvalue weighted by atomic mass is 10.1. The first-order valence-electron chi connectivity index (χ1n) is 15.6.